The summed E-state index contributed by atoms with van der Waals surface area (Å²) in [5.74, 6) is 0.700. The van der Waals surface area contributed by atoms with Crippen molar-refractivity contribution >= 4 is 16.0 Å². The molecule has 0 bridgehead atoms. The van der Waals surface area contributed by atoms with E-state index in [0.717, 1.165) is 18.7 Å². The number of nitrogens with zero attached hydrogens (tertiary/aromatic N) is 1. The molecule has 0 saturated carbocycles. The fourth-order valence-electron chi connectivity index (χ4n) is 1.50. The van der Waals surface area contributed by atoms with Gasteiger partial charge in [0.25, 0.3) is 0 Å². The molecule has 0 aliphatic heterocycles. The van der Waals surface area contributed by atoms with Gasteiger partial charge in [0.1, 0.15) is 0 Å². The molecule has 1 aromatic carbocycles. The number of sulfonamides is 1. The summed E-state index contributed by atoms with van der Waals surface area (Å²) in [7, 11) is -3.66. The van der Waals surface area contributed by atoms with Crippen molar-refractivity contribution < 1.29 is 8.42 Å². The first-order valence-corrected chi connectivity index (χ1v) is 7.66. The van der Waals surface area contributed by atoms with E-state index < -0.39 is 10.0 Å². The maximum Gasteiger partial charge on any atom is 0.238 e. The zero-order chi connectivity index (χ0) is 14.3. The molecule has 0 saturated heterocycles. The second-order valence-electron chi connectivity index (χ2n) is 3.92. The van der Waals surface area contributed by atoms with Crippen LogP contribution < -0.4 is 15.8 Å². The van der Waals surface area contributed by atoms with Crippen molar-refractivity contribution in [2.75, 3.05) is 13.1 Å². The lowest BCUT2D eigenvalue weighted by atomic mass is 10.2. The molecule has 6 nitrogen and oxygen atoms in total. The van der Waals surface area contributed by atoms with Crippen molar-refractivity contribution in [3.8, 4) is 0 Å². The van der Waals surface area contributed by atoms with E-state index in [1.165, 1.54) is 12.1 Å². The standard InChI is InChI=1S/C12H20N4O2S/c1-3-14-12(15-4-2)16-9-10-6-5-7-11(8-10)19(13,17)18/h5-8H,3-4,9H2,1-2H3,(H2,13,17,18)(H2,14,15,16). The van der Waals surface area contributed by atoms with Gasteiger partial charge in [0, 0.05) is 13.1 Å². The van der Waals surface area contributed by atoms with Gasteiger partial charge in [-0.15, -0.1) is 0 Å². The summed E-state index contributed by atoms with van der Waals surface area (Å²) in [6.45, 7) is 5.88. The quantitative estimate of drug-likeness (QED) is 0.539. The third-order valence-electron chi connectivity index (χ3n) is 2.34. The van der Waals surface area contributed by atoms with Gasteiger partial charge in [-0.25, -0.2) is 18.5 Å². The first kappa shape index (κ1) is 15.5. The van der Waals surface area contributed by atoms with Crippen LogP contribution in [0.4, 0.5) is 0 Å². The van der Waals surface area contributed by atoms with Crippen LogP contribution in [0.3, 0.4) is 0 Å². The summed E-state index contributed by atoms with van der Waals surface area (Å²) >= 11 is 0. The molecule has 106 valence electrons. The smallest absolute Gasteiger partial charge is 0.238 e. The van der Waals surface area contributed by atoms with Crippen molar-refractivity contribution in [2.45, 2.75) is 25.3 Å². The molecule has 0 radical (unpaired) electrons. The topological polar surface area (TPSA) is 96.6 Å². The van der Waals surface area contributed by atoms with Crippen LogP contribution in [0.25, 0.3) is 0 Å². The molecule has 0 heterocycles. The van der Waals surface area contributed by atoms with Crippen LogP contribution >= 0.6 is 0 Å². The summed E-state index contributed by atoms with van der Waals surface area (Å²) in [6.07, 6.45) is 0. The Bertz CT molecular complexity index is 532. The molecule has 7 heteroatoms. The second-order valence-corrected chi connectivity index (χ2v) is 5.48. The number of hydrogen-bond donors (Lipinski definition) is 3. The Kier molecular flexibility index (Phi) is 5.78. The van der Waals surface area contributed by atoms with E-state index in [9.17, 15) is 8.42 Å². The van der Waals surface area contributed by atoms with Crippen molar-refractivity contribution in [3.05, 3.63) is 29.8 Å². The van der Waals surface area contributed by atoms with Crippen molar-refractivity contribution in [3.63, 3.8) is 0 Å². The Balaban J connectivity index is 2.84. The minimum Gasteiger partial charge on any atom is -0.357 e. The average Bonchev–Trinajstić information content (AvgIpc) is 2.36. The van der Waals surface area contributed by atoms with Crippen LogP contribution in [0.1, 0.15) is 19.4 Å². The molecule has 4 N–H and O–H groups in total. The average molecular weight is 284 g/mol. The minimum atomic E-state index is -3.66. The van der Waals surface area contributed by atoms with E-state index in [2.05, 4.69) is 15.6 Å². The number of aliphatic imine (C=N–C) groups is 1. The zero-order valence-electron chi connectivity index (χ0n) is 11.2. The second kappa shape index (κ2) is 7.10. The summed E-state index contributed by atoms with van der Waals surface area (Å²) in [4.78, 5) is 4.46. The number of rotatable bonds is 5. The van der Waals surface area contributed by atoms with Gasteiger partial charge in [-0.1, -0.05) is 12.1 Å². The molecule has 0 atom stereocenters. The first-order chi connectivity index (χ1) is 8.97. The maximum absolute atomic E-state index is 11.2. The number of benzene rings is 1. The van der Waals surface area contributed by atoms with E-state index in [1.807, 2.05) is 19.9 Å². The first-order valence-electron chi connectivity index (χ1n) is 6.11. The van der Waals surface area contributed by atoms with E-state index in [-0.39, 0.29) is 4.90 Å². The van der Waals surface area contributed by atoms with Crippen LogP contribution in [-0.4, -0.2) is 27.5 Å². The van der Waals surface area contributed by atoms with E-state index >= 15 is 0 Å². The van der Waals surface area contributed by atoms with Crippen molar-refractivity contribution in [1.29, 1.82) is 0 Å². The Morgan fingerprint density at radius 2 is 1.89 bits per heavy atom. The molecule has 0 unspecified atom stereocenters. The number of nitrogens with two attached hydrogens (primary N) is 1. The van der Waals surface area contributed by atoms with Crippen molar-refractivity contribution in [1.82, 2.24) is 10.6 Å². The molecular formula is C12H20N4O2S. The summed E-state index contributed by atoms with van der Waals surface area (Å²) < 4.78 is 22.5. The summed E-state index contributed by atoms with van der Waals surface area (Å²) in [5.41, 5.74) is 0.792. The van der Waals surface area contributed by atoms with Gasteiger partial charge in [0.05, 0.1) is 11.4 Å². The molecule has 0 aromatic heterocycles. The molecule has 0 aliphatic carbocycles. The predicted molar refractivity (Wildman–Crippen MR) is 76.3 cm³/mol. The SMILES string of the molecule is CCNC(=NCc1cccc(S(N)(=O)=O)c1)NCC. The van der Waals surface area contributed by atoms with Gasteiger partial charge in [0.2, 0.25) is 10.0 Å². The molecular weight excluding hydrogens is 264 g/mol. The lowest BCUT2D eigenvalue weighted by Crippen LogP contribution is -2.36. The van der Waals surface area contributed by atoms with Crippen LogP contribution in [0.5, 0.6) is 0 Å². The number of hydrogen-bond acceptors (Lipinski definition) is 3. The lowest BCUT2D eigenvalue weighted by Gasteiger charge is -2.09. The fraction of sp³-hybridized carbons (Fsp3) is 0.417. The highest BCUT2D eigenvalue weighted by Crippen LogP contribution is 2.10. The Morgan fingerprint density at radius 1 is 1.26 bits per heavy atom. The molecule has 0 spiro atoms. The molecule has 1 aromatic rings. The highest BCUT2D eigenvalue weighted by molar-refractivity contribution is 7.89. The van der Waals surface area contributed by atoms with Crippen LogP contribution in [0.2, 0.25) is 0 Å². The highest BCUT2D eigenvalue weighted by atomic mass is 32.2. The fourth-order valence-corrected chi connectivity index (χ4v) is 2.08. The molecule has 0 amide bonds. The third-order valence-corrected chi connectivity index (χ3v) is 3.25. The molecule has 1 rings (SSSR count). The lowest BCUT2D eigenvalue weighted by molar-refractivity contribution is 0.597. The third kappa shape index (κ3) is 5.27. The zero-order valence-corrected chi connectivity index (χ0v) is 12.0. The molecule has 19 heavy (non-hydrogen) atoms. The maximum atomic E-state index is 11.2. The number of nitrogens with one attached hydrogen (secondary N) is 2. The van der Waals surface area contributed by atoms with Crippen molar-refractivity contribution in [2.24, 2.45) is 10.1 Å². The van der Waals surface area contributed by atoms with Crippen LogP contribution in [-0.2, 0) is 16.6 Å². The Morgan fingerprint density at radius 3 is 2.42 bits per heavy atom. The van der Waals surface area contributed by atoms with E-state index in [0.29, 0.717) is 12.5 Å². The molecule has 0 aliphatic rings. The largest absolute Gasteiger partial charge is 0.357 e. The van der Waals surface area contributed by atoms with Gasteiger partial charge in [-0.3, -0.25) is 0 Å². The summed E-state index contributed by atoms with van der Waals surface area (Å²) in [6, 6.07) is 6.48. The van der Waals surface area contributed by atoms with Gasteiger partial charge in [-0.2, -0.15) is 0 Å². The van der Waals surface area contributed by atoms with Gasteiger partial charge in [0.15, 0.2) is 5.96 Å². The Labute approximate surface area is 114 Å². The van der Waals surface area contributed by atoms with Crippen LogP contribution in [0.15, 0.2) is 34.2 Å². The predicted octanol–water partition coefficient (Wildman–Crippen LogP) is 0.409. The molecule has 0 fully saturated rings. The van der Waals surface area contributed by atoms with E-state index in [4.69, 9.17) is 5.14 Å². The van der Waals surface area contributed by atoms with Crippen LogP contribution in [0, 0.1) is 0 Å². The van der Waals surface area contributed by atoms with Gasteiger partial charge < -0.3 is 10.6 Å². The van der Waals surface area contributed by atoms with Gasteiger partial charge >= 0.3 is 0 Å². The Hall–Kier alpha value is -1.60. The highest BCUT2D eigenvalue weighted by Gasteiger charge is 2.07. The van der Waals surface area contributed by atoms with Gasteiger partial charge in [-0.05, 0) is 31.5 Å². The summed E-state index contributed by atoms with van der Waals surface area (Å²) in [5, 5.41) is 11.3. The monoisotopic (exact) mass is 284 g/mol. The number of primary sulfonamides is 1. The normalized spacial score (nSPS) is 10.9. The number of guanidine groups is 1. The minimum absolute atomic E-state index is 0.105. The van der Waals surface area contributed by atoms with E-state index in [1.54, 1.807) is 6.07 Å².